The molecule has 0 aliphatic heterocycles. The molecule has 0 saturated carbocycles. The van der Waals surface area contributed by atoms with Crippen LogP contribution >= 0.6 is 0 Å². The molecule has 0 unspecified atom stereocenters. The van der Waals surface area contributed by atoms with Gasteiger partial charge in [0.2, 0.25) is 0 Å². The van der Waals surface area contributed by atoms with Gasteiger partial charge < -0.3 is 0 Å². The molecule has 1 rings (SSSR count). The minimum atomic E-state index is 1.09. The van der Waals surface area contributed by atoms with E-state index in [1.54, 1.807) is 0 Å². The maximum atomic E-state index is 2.33. The average molecular weight is 187 g/mol. The Bertz CT molecular complexity index is 228. The predicted molar refractivity (Wildman–Crippen MR) is 63.9 cm³/mol. The molecule has 1 aliphatic carbocycles. The van der Waals surface area contributed by atoms with Gasteiger partial charge >= 0.3 is 0 Å². The number of hydrogen-bond acceptors (Lipinski definition) is 0. The summed E-state index contributed by atoms with van der Waals surface area (Å²) < 4.78 is 0. The lowest BCUT2D eigenvalue weighted by molar-refractivity contribution is 0.923. The molecule has 14 heavy (non-hydrogen) atoms. The molecule has 0 aromatic heterocycles. The highest BCUT2D eigenvalue weighted by Crippen LogP contribution is 2.02. The standard InChI is InChI=1S/C14H19/c1-2-4-6-8-10-12-14-13-11-9-7-5-3-1/h1-6,9,12,14H,7-8,10-11,13H2/b2-1+,5-3-,6-4-,14-12-. The summed E-state index contributed by atoms with van der Waals surface area (Å²) in [5.74, 6) is 0. The van der Waals surface area contributed by atoms with Crippen LogP contribution < -0.4 is 0 Å². The second-order valence-corrected chi connectivity index (χ2v) is 3.39. The van der Waals surface area contributed by atoms with Crippen molar-refractivity contribution in [1.29, 1.82) is 0 Å². The van der Waals surface area contributed by atoms with E-state index >= 15 is 0 Å². The third kappa shape index (κ3) is 6.47. The maximum Gasteiger partial charge on any atom is -0.0313 e. The van der Waals surface area contributed by atoms with Gasteiger partial charge in [-0.3, -0.25) is 0 Å². The molecule has 75 valence electrons. The molecule has 1 radical (unpaired) electrons. The fourth-order valence-corrected chi connectivity index (χ4v) is 1.32. The SMILES string of the molecule is [CH]1C\C=C/C=C/C=C\CC/C=C\CC1. The molecule has 0 amide bonds. The van der Waals surface area contributed by atoms with Gasteiger partial charge in [0.25, 0.3) is 0 Å². The summed E-state index contributed by atoms with van der Waals surface area (Å²) in [5.41, 5.74) is 0. The first-order valence-electron chi connectivity index (χ1n) is 5.45. The van der Waals surface area contributed by atoms with Gasteiger partial charge in [0.05, 0.1) is 0 Å². The molecule has 0 saturated heterocycles. The molecule has 0 heteroatoms. The lowest BCUT2D eigenvalue weighted by Crippen LogP contribution is -1.74. The molecule has 0 bridgehead atoms. The first kappa shape index (κ1) is 11.0. The van der Waals surface area contributed by atoms with Crippen LogP contribution in [0, 0.1) is 6.42 Å². The van der Waals surface area contributed by atoms with Crippen molar-refractivity contribution in [2.75, 3.05) is 0 Å². The Morgan fingerprint density at radius 3 is 2.00 bits per heavy atom. The van der Waals surface area contributed by atoms with E-state index in [4.69, 9.17) is 0 Å². The van der Waals surface area contributed by atoms with Crippen LogP contribution in [0.15, 0.2) is 48.6 Å². The van der Waals surface area contributed by atoms with Gasteiger partial charge in [0.1, 0.15) is 0 Å². The Labute approximate surface area is 87.7 Å². The molecule has 0 heterocycles. The Hall–Kier alpha value is -1.04. The molecule has 0 aromatic carbocycles. The van der Waals surface area contributed by atoms with Crippen LogP contribution in [0.3, 0.4) is 0 Å². The zero-order valence-electron chi connectivity index (χ0n) is 8.73. The Balaban J connectivity index is 2.35. The van der Waals surface area contributed by atoms with Crippen molar-refractivity contribution >= 4 is 0 Å². The zero-order chi connectivity index (χ0) is 9.90. The number of allylic oxidation sites excluding steroid dienone is 8. The molecular formula is C14H19. The Morgan fingerprint density at radius 2 is 1.14 bits per heavy atom. The third-order valence-corrected chi connectivity index (χ3v) is 2.11. The summed E-state index contributed by atoms with van der Waals surface area (Å²) in [6.45, 7) is 0. The highest BCUT2D eigenvalue weighted by molar-refractivity contribution is 5.11. The normalized spacial score (nSPS) is 28.6. The van der Waals surface area contributed by atoms with Crippen LogP contribution in [0.2, 0.25) is 0 Å². The van der Waals surface area contributed by atoms with E-state index in [1.165, 1.54) is 19.3 Å². The van der Waals surface area contributed by atoms with E-state index < -0.39 is 0 Å². The molecule has 0 spiro atoms. The quantitative estimate of drug-likeness (QED) is 0.494. The van der Waals surface area contributed by atoms with Crippen molar-refractivity contribution in [3.05, 3.63) is 55.0 Å². The van der Waals surface area contributed by atoms with Crippen molar-refractivity contribution in [3.63, 3.8) is 0 Å². The largest absolute Gasteiger partial charge is 0.0885 e. The smallest absolute Gasteiger partial charge is 0.0313 e. The predicted octanol–water partition coefficient (Wildman–Crippen LogP) is 4.38. The molecule has 0 fully saturated rings. The summed E-state index contributed by atoms with van der Waals surface area (Å²) in [6.07, 6.45) is 25.5. The fraction of sp³-hybridized carbons (Fsp3) is 0.357. The van der Waals surface area contributed by atoms with Gasteiger partial charge in [-0.2, -0.15) is 0 Å². The summed E-state index contributed by atoms with van der Waals surface area (Å²) in [6, 6.07) is 0. The Morgan fingerprint density at radius 1 is 0.500 bits per heavy atom. The van der Waals surface area contributed by atoms with Crippen molar-refractivity contribution in [3.8, 4) is 0 Å². The second-order valence-electron chi connectivity index (χ2n) is 3.39. The summed E-state index contributed by atoms with van der Waals surface area (Å²) in [4.78, 5) is 0. The summed E-state index contributed by atoms with van der Waals surface area (Å²) in [7, 11) is 0. The molecule has 0 aromatic rings. The van der Waals surface area contributed by atoms with E-state index in [-0.39, 0.29) is 0 Å². The highest BCUT2D eigenvalue weighted by Gasteiger charge is 1.84. The van der Waals surface area contributed by atoms with E-state index in [0.29, 0.717) is 0 Å². The van der Waals surface area contributed by atoms with E-state index in [2.05, 4.69) is 55.0 Å². The molecule has 0 atom stereocenters. The number of hydrogen-bond donors (Lipinski definition) is 0. The van der Waals surface area contributed by atoms with Crippen LogP contribution in [0.4, 0.5) is 0 Å². The van der Waals surface area contributed by atoms with E-state index in [9.17, 15) is 0 Å². The van der Waals surface area contributed by atoms with Crippen LogP contribution in [0.25, 0.3) is 0 Å². The molecule has 1 aliphatic rings. The minimum Gasteiger partial charge on any atom is -0.0885 e. The molecular weight excluding hydrogens is 168 g/mol. The summed E-state index contributed by atoms with van der Waals surface area (Å²) in [5, 5.41) is 0. The van der Waals surface area contributed by atoms with E-state index in [0.717, 1.165) is 12.8 Å². The zero-order valence-corrected chi connectivity index (χ0v) is 8.73. The topological polar surface area (TPSA) is 0 Å². The fourth-order valence-electron chi connectivity index (χ4n) is 1.32. The van der Waals surface area contributed by atoms with Crippen molar-refractivity contribution < 1.29 is 0 Å². The van der Waals surface area contributed by atoms with Gasteiger partial charge in [-0.15, -0.1) is 0 Å². The summed E-state index contributed by atoms with van der Waals surface area (Å²) >= 11 is 0. The van der Waals surface area contributed by atoms with Crippen molar-refractivity contribution in [2.45, 2.75) is 32.1 Å². The first-order valence-corrected chi connectivity index (χ1v) is 5.45. The third-order valence-electron chi connectivity index (χ3n) is 2.11. The van der Waals surface area contributed by atoms with Gasteiger partial charge in [-0.05, 0) is 38.5 Å². The molecule has 0 nitrogen and oxygen atoms in total. The minimum absolute atomic E-state index is 1.09. The lowest BCUT2D eigenvalue weighted by atomic mass is 10.1. The van der Waals surface area contributed by atoms with Crippen LogP contribution in [-0.4, -0.2) is 0 Å². The van der Waals surface area contributed by atoms with Gasteiger partial charge in [-0.25, -0.2) is 0 Å². The van der Waals surface area contributed by atoms with Crippen molar-refractivity contribution in [1.82, 2.24) is 0 Å². The van der Waals surface area contributed by atoms with Crippen LogP contribution in [-0.2, 0) is 0 Å². The average Bonchev–Trinajstić information content (AvgIpc) is 2.22. The first-order chi connectivity index (χ1) is 7.00. The van der Waals surface area contributed by atoms with Crippen LogP contribution in [0.5, 0.6) is 0 Å². The van der Waals surface area contributed by atoms with Crippen LogP contribution in [0.1, 0.15) is 32.1 Å². The van der Waals surface area contributed by atoms with Crippen molar-refractivity contribution in [2.24, 2.45) is 0 Å². The maximum absolute atomic E-state index is 2.33. The number of rotatable bonds is 0. The Kier molecular flexibility index (Phi) is 6.74. The van der Waals surface area contributed by atoms with E-state index in [1.807, 2.05) is 0 Å². The molecule has 0 N–H and O–H groups in total. The highest BCUT2D eigenvalue weighted by atomic mass is 13.9. The van der Waals surface area contributed by atoms with Gasteiger partial charge in [0.15, 0.2) is 0 Å². The van der Waals surface area contributed by atoms with Gasteiger partial charge in [-0.1, -0.05) is 48.6 Å². The van der Waals surface area contributed by atoms with Gasteiger partial charge in [0, 0.05) is 0 Å². The second kappa shape index (κ2) is 8.55. The lowest BCUT2D eigenvalue weighted by Gasteiger charge is -1.93. The monoisotopic (exact) mass is 187 g/mol.